The van der Waals surface area contributed by atoms with Crippen molar-refractivity contribution in [3.05, 3.63) is 46.8 Å². The molecule has 6 heteroatoms. The number of nitrogens with one attached hydrogen (secondary N) is 2. The Morgan fingerprint density at radius 2 is 1.83 bits per heavy atom. The Morgan fingerprint density at radius 3 is 2.55 bits per heavy atom. The maximum absolute atomic E-state index is 9.03. The van der Waals surface area contributed by atoms with Crippen LogP contribution in [-0.2, 0) is 0 Å². The second-order valence-corrected chi connectivity index (χ2v) is 8.75. The highest BCUT2D eigenvalue weighted by atomic mass is 35.5. The van der Waals surface area contributed by atoms with E-state index in [4.69, 9.17) is 16.7 Å². The number of β-amino-alcohol motifs (C(OH)–C–C–N with tert-alkyl or cyclic N) is 1. The zero-order valence-electron chi connectivity index (χ0n) is 17.2. The Labute approximate surface area is 178 Å². The first kappa shape index (κ1) is 20.7. The highest BCUT2D eigenvalue weighted by molar-refractivity contribution is 6.35. The molecule has 0 bridgehead atoms. The first-order valence-electron chi connectivity index (χ1n) is 11.0. The summed E-state index contributed by atoms with van der Waals surface area (Å²) in [7, 11) is 0. The number of rotatable bonds is 7. The number of aromatic nitrogens is 1. The van der Waals surface area contributed by atoms with Gasteiger partial charge in [-0.15, -0.1) is 0 Å². The summed E-state index contributed by atoms with van der Waals surface area (Å²) >= 11 is 6.43. The van der Waals surface area contributed by atoms with Crippen LogP contribution in [0.1, 0.15) is 37.2 Å². The second kappa shape index (κ2) is 9.98. The predicted octanol–water partition coefficient (Wildman–Crippen LogP) is 3.56. The van der Waals surface area contributed by atoms with Gasteiger partial charge in [0, 0.05) is 62.9 Å². The summed E-state index contributed by atoms with van der Waals surface area (Å²) in [5.41, 5.74) is 4.09. The molecular formula is C23H33ClN4O. The van der Waals surface area contributed by atoms with E-state index in [0.717, 1.165) is 69.2 Å². The van der Waals surface area contributed by atoms with Gasteiger partial charge in [0.15, 0.2) is 0 Å². The van der Waals surface area contributed by atoms with Crippen LogP contribution in [0.2, 0.25) is 5.02 Å². The molecule has 4 rings (SSSR count). The minimum Gasteiger partial charge on any atom is -0.395 e. The molecule has 5 nitrogen and oxygen atoms in total. The SMILES string of the molecule is OCCN1CCN(CCNC=C2CCC(c3cccc4[nH]cc(Cl)c34)CC2)CC1. The highest BCUT2D eigenvalue weighted by Crippen LogP contribution is 2.40. The fourth-order valence-corrected chi connectivity index (χ4v) is 5.04. The Hall–Kier alpha value is -1.53. The number of benzene rings is 1. The van der Waals surface area contributed by atoms with E-state index >= 15 is 0 Å². The summed E-state index contributed by atoms with van der Waals surface area (Å²) in [5, 5.41) is 14.6. The number of H-pyrrole nitrogens is 1. The van der Waals surface area contributed by atoms with Crippen molar-refractivity contribution in [1.29, 1.82) is 0 Å². The molecule has 1 aromatic carbocycles. The summed E-state index contributed by atoms with van der Waals surface area (Å²) in [6.07, 6.45) is 8.89. The van der Waals surface area contributed by atoms with Gasteiger partial charge < -0.3 is 15.4 Å². The van der Waals surface area contributed by atoms with Gasteiger partial charge >= 0.3 is 0 Å². The summed E-state index contributed by atoms with van der Waals surface area (Å²) in [4.78, 5) is 8.13. The normalized spacial score (nSPS) is 21.6. The third kappa shape index (κ3) is 5.15. The van der Waals surface area contributed by atoms with Crippen LogP contribution in [0.15, 0.2) is 36.2 Å². The van der Waals surface area contributed by atoms with Gasteiger partial charge in [-0.05, 0) is 49.4 Å². The number of aromatic amines is 1. The largest absolute Gasteiger partial charge is 0.395 e. The lowest BCUT2D eigenvalue weighted by Crippen LogP contribution is -2.48. The Balaban J connectivity index is 1.21. The van der Waals surface area contributed by atoms with E-state index in [1.54, 1.807) is 5.57 Å². The van der Waals surface area contributed by atoms with Crippen LogP contribution >= 0.6 is 11.6 Å². The van der Waals surface area contributed by atoms with Gasteiger partial charge in [-0.25, -0.2) is 0 Å². The first-order valence-corrected chi connectivity index (χ1v) is 11.3. The second-order valence-electron chi connectivity index (χ2n) is 8.34. The molecule has 0 amide bonds. The van der Waals surface area contributed by atoms with Crippen molar-refractivity contribution in [1.82, 2.24) is 20.1 Å². The molecule has 3 N–H and O–H groups in total. The fraction of sp³-hybridized carbons (Fsp3) is 0.565. The molecule has 2 heterocycles. The lowest BCUT2D eigenvalue weighted by molar-refractivity contribution is 0.114. The van der Waals surface area contributed by atoms with Gasteiger partial charge in [-0.3, -0.25) is 9.80 Å². The molecular weight excluding hydrogens is 384 g/mol. The van der Waals surface area contributed by atoms with Crippen LogP contribution in [0.3, 0.4) is 0 Å². The van der Waals surface area contributed by atoms with Gasteiger partial charge in [0.25, 0.3) is 0 Å². The molecule has 1 aromatic heterocycles. The standard InChI is InChI=1S/C23H33ClN4O/c24-21-17-26-22-3-1-2-20(23(21)22)19-6-4-18(5-7-19)16-25-8-9-27-10-12-28(13-11-27)14-15-29/h1-3,16-17,19,25-26,29H,4-15H2. The van der Waals surface area contributed by atoms with E-state index in [0.29, 0.717) is 5.92 Å². The molecule has 1 aliphatic carbocycles. The van der Waals surface area contributed by atoms with Crippen LogP contribution in [0.25, 0.3) is 10.9 Å². The zero-order valence-corrected chi connectivity index (χ0v) is 17.9. The fourth-order valence-electron chi connectivity index (χ4n) is 4.77. The molecule has 1 aliphatic heterocycles. The van der Waals surface area contributed by atoms with E-state index in [1.807, 2.05) is 6.20 Å². The Kier molecular flexibility index (Phi) is 7.14. The van der Waals surface area contributed by atoms with Gasteiger partial charge in [0.1, 0.15) is 0 Å². The average Bonchev–Trinajstić information content (AvgIpc) is 3.14. The number of hydrogen-bond acceptors (Lipinski definition) is 4. The number of fused-ring (bicyclic) bond motifs is 1. The van der Waals surface area contributed by atoms with E-state index < -0.39 is 0 Å². The molecule has 1 saturated carbocycles. The molecule has 158 valence electrons. The number of halogens is 1. The third-order valence-corrected chi connectivity index (χ3v) is 6.82. The van der Waals surface area contributed by atoms with Crippen molar-refractivity contribution in [2.75, 3.05) is 52.4 Å². The van der Waals surface area contributed by atoms with Crippen molar-refractivity contribution in [2.45, 2.75) is 31.6 Å². The summed E-state index contributed by atoms with van der Waals surface area (Å²) in [5.74, 6) is 0.597. The smallest absolute Gasteiger partial charge is 0.0662 e. The van der Waals surface area contributed by atoms with Crippen LogP contribution in [0.5, 0.6) is 0 Å². The monoisotopic (exact) mass is 416 g/mol. The van der Waals surface area contributed by atoms with Crippen molar-refractivity contribution in [3.63, 3.8) is 0 Å². The maximum atomic E-state index is 9.03. The maximum Gasteiger partial charge on any atom is 0.0662 e. The van der Waals surface area contributed by atoms with Gasteiger partial charge in [-0.2, -0.15) is 0 Å². The molecule has 2 aromatic rings. The van der Waals surface area contributed by atoms with E-state index in [2.05, 4.69) is 44.5 Å². The summed E-state index contributed by atoms with van der Waals surface area (Å²) in [6, 6.07) is 6.50. The molecule has 0 spiro atoms. The number of nitrogens with zero attached hydrogens (tertiary/aromatic N) is 2. The van der Waals surface area contributed by atoms with Crippen molar-refractivity contribution in [3.8, 4) is 0 Å². The van der Waals surface area contributed by atoms with Gasteiger partial charge in [-0.1, -0.05) is 29.3 Å². The van der Waals surface area contributed by atoms with E-state index in [-0.39, 0.29) is 6.61 Å². The first-order chi connectivity index (χ1) is 14.2. The quantitative estimate of drug-likeness (QED) is 0.604. The number of allylic oxidation sites excluding steroid dienone is 1. The van der Waals surface area contributed by atoms with E-state index in [1.165, 1.54) is 23.8 Å². The Bertz CT molecular complexity index is 815. The zero-order chi connectivity index (χ0) is 20.1. The van der Waals surface area contributed by atoms with Crippen molar-refractivity contribution >= 4 is 22.5 Å². The number of hydrogen-bond donors (Lipinski definition) is 3. The molecule has 0 unspecified atom stereocenters. The van der Waals surface area contributed by atoms with Crippen molar-refractivity contribution < 1.29 is 5.11 Å². The lowest BCUT2D eigenvalue weighted by Gasteiger charge is -2.34. The summed E-state index contributed by atoms with van der Waals surface area (Å²) in [6.45, 7) is 7.52. The highest BCUT2D eigenvalue weighted by Gasteiger charge is 2.21. The van der Waals surface area contributed by atoms with Crippen LogP contribution in [0.4, 0.5) is 0 Å². The summed E-state index contributed by atoms with van der Waals surface area (Å²) < 4.78 is 0. The molecule has 1 saturated heterocycles. The van der Waals surface area contributed by atoms with Crippen molar-refractivity contribution in [2.24, 2.45) is 0 Å². The average molecular weight is 417 g/mol. The van der Waals surface area contributed by atoms with Gasteiger partial charge in [0.2, 0.25) is 0 Å². The van der Waals surface area contributed by atoms with Gasteiger partial charge in [0.05, 0.1) is 11.6 Å². The van der Waals surface area contributed by atoms with E-state index in [9.17, 15) is 0 Å². The minimum absolute atomic E-state index is 0.267. The van der Waals surface area contributed by atoms with Crippen LogP contribution in [-0.4, -0.2) is 72.3 Å². The Morgan fingerprint density at radius 1 is 1.10 bits per heavy atom. The molecule has 0 radical (unpaired) electrons. The number of aliphatic hydroxyl groups excluding tert-OH is 1. The van der Waals surface area contributed by atoms with Crippen LogP contribution in [0, 0.1) is 0 Å². The lowest BCUT2D eigenvalue weighted by atomic mass is 9.81. The molecule has 0 atom stereocenters. The molecule has 2 aliphatic rings. The topological polar surface area (TPSA) is 54.5 Å². The predicted molar refractivity (Wildman–Crippen MR) is 121 cm³/mol. The molecule has 2 fully saturated rings. The third-order valence-electron chi connectivity index (χ3n) is 6.52. The number of piperazine rings is 1. The minimum atomic E-state index is 0.267. The molecule has 29 heavy (non-hydrogen) atoms. The number of aliphatic hydroxyl groups is 1. The van der Waals surface area contributed by atoms with Crippen LogP contribution < -0.4 is 5.32 Å².